The maximum absolute atomic E-state index is 12.4. The van der Waals surface area contributed by atoms with Crippen LogP contribution in [0.4, 0.5) is 0 Å². The molecule has 0 radical (unpaired) electrons. The zero-order valence-electron chi connectivity index (χ0n) is 30.3. The van der Waals surface area contributed by atoms with Gasteiger partial charge in [-0.15, -0.1) is 0 Å². The number of H-pyrrole nitrogens is 2. The topological polar surface area (TPSA) is 136 Å². The summed E-state index contributed by atoms with van der Waals surface area (Å²) in [5.41, 5.74) is 14.3. The molecule has 0 saturated carbocycles. The number of aromatic amines is 2. The van der Waals surface area contributed by atoms with Gasteiger partial charge in [0.2, 0.25) is 0 Å². The van der Waals surface area contributed by atoms with Crippen LogP contribution in [0.15, 0.2) is 122 Å². The Hall–Kier alpha value is -7.72. The summed E-state index contributed by atoms with van der Waals surface area (Å²) in [6, 6.07) is 30.7. The van der Waals surface area contributed by atoms with Gasteiger partial charge in [-0.1, -0.05) is 24.3 Å². The van der Waals surface area contributed by atoms with E-state index >= 15 is 0 Å². The van der Waals surface area contributed by atoms with Crippen LogP contribution in [-0.2, 0) is 9.47 Å². The van der Waals surface area contributed by atoms with E-state index in [0.717, 1.165) is 89.4 Å². The van der Waals surface area contributed by atoms with Gasteiger partial charge in [-0.2, -0.15) is 0 Å². The second-order valence-corrected chi connectivity index (χ2v) is 13.1. The molecule has 0 atom stereocenters. The van der Waals surface area contributed by atoms with Gasteiger partial charge >= 0.3 is 11.9 Å². The van der Waals surface area contributed by atoms with Crippen LogP contribution in [0.25, 0.3) is 90.9 Å². The quantitative estimate of drug-likeness (QED) is 0.161. The number of esters is 2. The Bertz CT molecular complexity index is 2690. The van der Waals surface area contributed by atoms with Crippen LogP contribution in [0.2, 0.25) is 0 Å². The Kier molecular flexibility index (Phi) is 8.67. The monoisotopic (exact) mass is 732 g/mol. The minimum atomic E-state index is -0.408. The van der Waals surface area contributed by atoms with Crippen molar-refractivity contribution >= 4 is 58.3 Å². The zero-order chi connectivity index (χ0) is 38.2. The van der Waals surface area contributed by atoms with Crippen molar-refractivity contribution in [3.05, 3.63) is 156 Å². The maximum Gasteiger partial charge on any atom is 0.337 e. The van der Waals surface area contributed by atoms with Gasteiger partial charge in [-0.05, 0) is 119 Å². The fourth-order valence-corrected chi connectivity index (χ4v) is 7.24. The van der Waals surface area contributed by atoms with E-state index < -0.39 is 11.9 Å². The summed E-state index contributed by atoms with van der Waals surface area (Å²) in [7, 11) is 2.74. The number of carbonyl (C=O) groups is 2. The van der Waals surface area contributed by atoms with Crippen LogP contribution in [0, 0.1) is 0 Å². The first-order valence-electron chi connectivity index (χ1n) is 17.8. The lowest BCUT2D eigenvalue weighted by Gasteiger charge is -2.07. The van der Waals surface area contributed by atoms with Crippen LogP contribution in [0.5, 0.6) is 0 Å². The third kappa shape index (κ3) is 6.14. The Labute approximate surface area is 320 Å². The molecule has 0 amide bonds. The standard InChI is InChI=1S/C46H32N6O4/c1-55-45(53)31-7-3-27(4-8-31)41-33-11-15-37(49-33)43(29-19-23-47-24-20-29)39-17-13-35(51-39)42(28-5-9-32(10-6-28)46(54)56-2)36-14-18-40(52-36)44(30-21-25-48-26-22-30)38-16-12-34(41)50-38/h3-26,49,52H,1-2H3. The normalized spacial score (nSPS) is 11.8. The molecule has 0 aliphatic carbocycles. The first kappa shape index (κ1) is 34.1. The van der Waals surface area contributed by atoms with E-state index in [2.05, 4.69) is 19.9 Å². The minimum Gasteiger partial charge on any atom is -0.465 e. The van der Waals surface area contributed by atoms with Crippen molar-refractivity contribution in [1.29, 1.82) is 0 Å². The van der Waals surface area contributed by atoms with Crippen molar-refractivity contribution in [1.82, 2.24) is 29.9 Å². The number of benzene rings is 2. The molecule has 5 aromatic heterocycles. The van der Waals surface area contributed by atoms with Crippen molar-refractivity contribution < 1.29 is 19.1 Å². The van der Waals surface area contributed by atoms with Crippen LogP contribution in [0.3, 0.4) is 0 Å². The average molecular weight is 733 g/mol. The highest BCUT2D eigenvalue weighted by Gasteiger charge is 2.19. The Morgan fingerprint density at radius 2 is 0.696 bits per heavy atom. The molecule has 7 heterocycles. The molecule has 8 bridgehead atoms. The molecule has 0 unspecified atom stereocenters. The van der Waals surface area contributed by atoms with E-state index in [4.69, 9.17) is 19.4 Å². The number of nitrogens with one attached hydrogen (secondary N) is 2. The number of methoxy groups -OCH3 is 2. The summed E-state index contributed by atoms with van der Waals surface area (Å²) in [6.45, 7) is 0. The Balaban J connectivity index is 1.42. The molecule has 56 heavy (non-hydrogen) atoms. The molecule has 2 aromatic carbocycles. The lowest BCUT2D eigenvalue weighted by molar-refractivity contribution is 0.0592. The van der Waals surface area contributed by atoms with E-state index in [1.807, 2.05) is 97.1 Å². The number of aromatic nitrogens is 6. The van der Waals surface area contributed by atoms with Crippen LogP contribution >= 0.6 is 0 Å². The van der Waals surface area contributed by atoms with E-state index in [1.165, 1.54) is 14.2 Å². The number of pyridine rings is 2. The lowest BCUT2D eigenvalue weighted by Crippen LogP contribution is -2.00. The highest BCUT2D eigenvalue weighted by molar-refractivity contribution is 6.00. The smallest absolute Gasteiger partial charge is 0.337 e. The highest BCUT2D eigenvalue weighted by atomic mass is 16.5. The van der Waals surface area contributed by atoms with Crippen molar-refractivity contribution in [2.45, 2.75) is 0 Å². The molecular formula is C46H32N6O4. The van der Waals surface area contributed by atoms with Gasteiger partial charge in [-0.25, -0.2) is 19.6 Å². The van der Waals surface area contributed by atoms with Crippen molar-refractivity contribution in [3.8, 4) is 44.5 Å². The number of nitrogens with zero attached hydrogens (tertiary/aromatic N) is 4. The van der Waals surface area contributed by atoms with Crippen LogP contribution < -0.4 is 0 Å². The first-order valence-corrected chi connectivity index (χ1v) is 17.8. The second kappa shape index (κ2) is 14.3. The third-order valence-corrected chi connectivity index (χ3v) is 9.88. The summed E-state index contributed by atoms with van der Waals surface area (Å²) >= 11 is 0. The fourth-order valence-electron chi connectivity index (χ4n) is 7.24. The van der Waals surface area contributed by atoms with E-state index in [9.17, 15) is 9.59 Å². The van der Waals surface area contributed by atoms with Gasteiger partial charge in [0.15, 0.2) is 0 Å². The largest absolute Gasteiger partial charge is 0.465 e. The van der Waals surface area contributed by atoms with Gasteiger partial charge in [-0.3, -0.25) is 9.97 Å². The SMILES string of the molecule is COC(=O)c1ccc(-c2c3nc(c(-c4ccncc4)c4ccc([nH]4)c(-c4ccc(C(=O)OC)cc4)c4nc(c(-c5ccncc5)c5ccc2[nH]5)C=C4)C=C3)cc1. The highest BCUT2D eigenvalue weighted by Crippen LogP contribution is 2.38. The molecule has 10 nitrogen and oxygen atoms in total. The number of fused-ring (bicyclic) bond motifs is 8. The molecule has 7 aromatic rings. The fraction of sp³-hybridized carbons (Fsp3) is 0.0435. The van der Waals surface area contributed by atoms with Gasteiger partial charge in [0.05, 0.1) is 48.1 Å². The molecule has 9 rings (SSSR count). The molecule has 0 fully saturated rings. The number of rotatable bonds is 6. The third-order valence-electron chi connectivity index (χ3n) is 9.88. The Morgan fingerprint density at radius 3 is 0.982 bits per heavy atom. The number of hydrogen-bond acceptors (Lipinski definition) is 8. The molecule has 2 aliphatic heterocycles. The molecule has 0 saturated heterocycles. The number of carbonyl (C=O) groups excluding carboxylic acids is 2. The molecule has 2 N–H and O–H groups in total. The van der Waals surface area contributed by atoms with Gasteiger partial charge in [0.25, 0.3) is 0 Å². The van der Waals surface area contributed by atoms with Crippen molar-refractivity contribution in [2.24, 2.45) is 0 Å². The lowest BCUT2D eigenvalue weighted by atomic mass is 10.0. The number of ether oxygens (including phenoxy) is 2. The average Bonchev–Trinajstić information content (AvgIpc) is 4.10. The maximum atomic E-state index is 12.4. The minimum absolute atomic E-state index is 0.408. The molecule has 270 valence electrons. The first-order chi connectivity index (χ1) is 27.5. The van der Waals surface area contributed by atoms with E-state index in [0.29, 0.717) is 11.1 Å². The summed E-state index contributed by atoms with van der Waals surface area (Å²) < 4.78 is 9.95. The van der Waals surface area contributed by atoms with Gasteiger partial charge in [0, 0.05) is 69.1 Å². The van der Waals surface area contributed by atoms with Crippen LogP contribution in [0.1, 0.15) is 43.5 Å². The van der Waals surface area contributed by atoms with Gasteiger partial charge in [0.1, 0.15) is 0 Å². The van der Waals surface area contributed by atoms with Crippen molar-refractivity contribution in [2.75, 3.05) is 14.2 Å². The molecule has 2 aliphatic rings. The zero-order valence-corrected chi connectivity index (χ0v) is 30.3. The van der Waals surface area contributed by atoms with Crippen molar-refractivity contribution in [3.63, 3.8) is 0 Å². The summed E-state index contributed by atoms with van der Waals surface area (Å²) in [6.07, 6.45) is 15.1. The predicted molar refractivity (Wildman–Crippen MR) is 219 cm³/mol. The summed E-state index contributed by atoms with van der Waals surface area (Å²) in [5.74, 6) is -0.816. The van der Waals surface area contributed by atoms with Gasteiger partial charge < -0.3 is 19.4 Å². The molecular weight excluding hydrogens is 701 g/mol. The molecule has 0 spiro atoms. The summed E-state index contributed by atoms with van der Waals surface area (Å²) in [4.78, 5) is 51.3. The number of hydrogen-bond donors (Lipinski definition) is 2. The van der Waals surface area contributed by atoms with E-state index in [-0.39, 0.29) is 0 Å². The van der Waals surface area contributed by atoms with E-state index in [1.54, 1.807) is 49.1 Å². The predicted octanol–water partition coefficient (Wildman–Crippen LogP) is 9.69. The summed E-state index contributed by atoms with van der Waals surface area (Å²) in [5, 5.41) is 0. The Morgan fingerprint density at radius 1 is 0.411 bits per heavy atom. The second-order valence-electron chi connectivity index (χ2n) is 13.1. The van der Waals surface area contributed by atoms with Crippen LogP contribution in [-0.4, -0.2) is 56.1 Å². The molecule has 10 heteroatoms.